The maximum Gasteiger partial charge on any atom is 0.258 e. The van der Waals surface area contributed by atoms with Crippen molar-refractivity contribution in [2.75, 3.05) is 5.32 Å². The lowest BCUT2D eigenvalue weighted by molar-refractivity contribution is -0.117. The van der Waals surface area contributed by atoms with Crippen LogP contribution in [0.3, 0.4) is 0 Å². The minimum absolute atomic E-state index is 0.271. The quantitative estimate of drug-likeness (QED) is 0.539. The van der Waals surface area contributed by atoms with Gasteiger partial charge in [-0.1, -0.05) is 78.9 Å². The van der Waals surface area contributed by atoms with Crippen LogP contribution in [-0.4, -0.2) is 27.6 Å². The Labute approximate surface area is 179 Å². The molecule has 0 spiro atoms. The predicted molar refractivity (Wildman–Crippen MR) is 119 cm³/mol. The highest BCUT2D eigenvalue weighted by atomic mass is 16.2. The number of fused-ring (bicyclic) bond motifs is 1. The number of nitrogens with one attached hydrogen (secondary N) is 2. The van der Waals surface area contributed by atoms with Crippen molar-refractivity contribution in [2.24, 2.45) is 0 Å². The predicted octanol–water partition coefficient (Wildman–Crippen LogP) is 3.83. The summed E-state index contributed by atoms with van der Waals surface area (Å²) in [7, 11) is 0. The summed E-state index contributed by atoms with van der Waals surface area (Å²) in [6.45, 7) is 0. The highest BCUT2D eigenvalue weighted by Gasteiger charge is 2.34. The molecule has 31 heavy (non-hydrogen) atoms. The fraction of sp³-hybridized carbons (Fsp3) is 0.0800. The number of carbonyl (C=O) groups excluding carboxylic acids is 2. The molecule has 2 amide bonds. The zero-order valence-corrected chi connectivity index (χ0v) is 16.7. The number of hydrogen-bond donors (Lipinski definition) is 2. The molecule has 1 unspecified atom stereocenters. The van der Waals surface area contributed by atoms with Crippen molar-refractivity contribution in [1.82, 2.24) is 15.1 Å². The molecule has 0 bridgehead atoms. The Morgan fingerprint density at radius 3 is 2.10 bits per heavy atom. The van der Waals surface area contributed by atoms with Gasteiger partial charge in [0.25, 0.3) is 5.91 Å². The number of amides is 2. The van der Waals surface area contributed by atoms with Crippen molar-refractivity contribution in [3.63, 3.8) is 0 Å². The van der Waals surface area contributed by atoms with Gasteiger partial charge in [0.1, 0.15) is 23.1 Å². The summed E-state index contributed by atoms with van der Waals surface area (Å²) >= 11 is 0. The first-order chi connectivity index (χ1) is 15.2. The second kappa shape index (κ2) is 7.91. The molecule has 5 rings (SSSR count). The van der Waals surface area contributed by atoms with Gasteiger partial charge in [0.2, 0.25) is 5.91 Å². The zero-order chi connectivity index (χ0) is 21.2. The van der Waals surface area contributed by atoms with Crippen molar-refractivity contribution < 1.29 is 9.59 Å². The van der Waals surface area contributed by atoms with E-state index in [2.05, 4.69) is 10.6 Å². The van der Waals surface area contributed by atoms with Gasteiger partial charge in [0, 0.05) is 12.0 Å². The second-order valence-corrected chi connectivity index (χ2v) is 7.39. The average Bonchev–Trinajstić information content (AvgIpc) is 3.14. The van der Waals surface area contributed by atoms with Gasteiger partial charge in [-0.05, 0) is 17.7 Å². The molecule has 152 valence electrons. The van der Waals surface area contributed by atoms with Gasteiger partial charge in [-0.3, -0.25) is 9.59 Å². The Kier molecular flexibility index (Phi) is 4.80. The first kappa shape index (κ1) is 18.8. The monoisotopic (exact) mass is 408 g/mol. The fourth-order valence-corrected chi connectivity index (χ4v) is 3.80. The van der Waals surface area contributed by atoms with E-state index in [1.807, 2.05) is 91.0 Å². The SMILES string of the molecule is O=C1NC(Cc2ccccc2)C(=O)Nc2c1c(-c1ccccc1)nn2-c1ccccc1. The van der Waals surface area contributed by atoms with Crippen molar-refractivity contribution >= 4 is 17.6 Å². The van der Waals surface area contributed by atoms with E-state index in [1.165, 1.54) is 0 Å². The molecule has 0 saturated carbocycles. The maximum atomic E-state index is 13.3. The number of nitrogens with zero attached hydrogens (tertiary/aromatic N) is 2. The molecule has 1 atom stereocenters. The summed E-state index contributed by atoms with van der Waals surface area (Å²) in [5.74, 6) is -0.217. The summed E-state index contributed by atoms with van der Waals surface area (Å²) < 4.78 is 1.63. The summed E-state index contributed by atoms with van der Waals surface area (Å²) in [5.41, 5.74) is 3.42. The Balaban J connectivity index is 1.61. The van der Waals surface area contributed by atoms with Gasteiger partial charge in [-0.2, -0.15) is 5.10 Å². The lowest BCUT2D eigenvalue weighted by atomic mass is 10.0. The van der Waals surface area contributed by atoms with E-state index >= 15 is 0 Å². The topological polar surface area (TPSA) is 76.0 Å². The van der Waals surface area contributed by atoms with Gasteiger partial charge < -0.3 is 10.6 Å². The third kappa shape index (κ3) is 3.59. The zero-order valence-electron chi connectivity index (χ0n) is 16.7. The van der Waals surface area contributed by atoms with E-state index in [0.29, 0.717) is 23.5 Å². The molecular formula is C25H20N4O2. The molecule has 0 radical (unpaired) electrons. The standard InChI is InChI=1S/C25H20N4O2/c30-24-20(16-17-10-4-1-5-11-17)26-25(31)21-22(18-12-6-2-7-13-18)28-29(23(21)27-24)19-14-8-3-9-15-19/h1-15,20H,16H2,(H,26,31)(H,27,30). The van der Waals surface area contributed by atoms with E-state index in [1.54, 1.807) is 4.68 Å². The average molecular weight is 408 g/mol. The van der Waals surface area contributed by atoms with Gasteiger partial charge in [-0.15, -0.1) is 0 Å². The number of carbonyl (C=O) groups is 2. The van der Waals surface area contributed by atoms with Crippen molar-refractivity contribution in [3.05, 3.63) is 102 Å². The lowest BCUT2D eigenvalue weighted by Crippen LogP contribution is -2.43. The summed E-state index contributed by atoms with van der Waals surface area (Å²) in [6.07, 6.45) is 0.405. The largest absolute Gasteiger partial charge is 0.340 e. The Bertz CT molecular complexity index is 1230. The van der Waals surface area contributed by atoms with E-state index in [0.717, 1.165) is 16.8 Å². The molecule has 0 saturated heterocycles. The van der Waals surface area contributed by atoms with E-state index < -0.39 is 6.04 Å². The van der Waals surface area contributed by atoms with Crippen LogP contribution in [0.1, 0.15) is 15.9 Å². The normalized spacial score (nSPS) is 15.5. The molecule has 6 heteroatoms. The molecular weight excluding hydrogens is 388 g/mol. The number of para-hydroxylation sites is 1. The smallest absolute Gasteiger partial charge is 0.258 e. The molecule has 0 aliphatic carbocycles. The van der Waals surface area contributed by atoms with Crippen LogP contribution >= 0.6 is 0 Å². The Morgan fingerprint density at radius 2 is 1.42 bits per heavy atom. The lowest BCUT2D eigenvalue weighted by Gasteiger charge is -2.15. The van der Waals surface area contributed by atoms with Gasteiger partial charge >= 0.3 is 0 Å². The molecule has 6 nitrogen and oxygen atoms in total. The van der Waals surface area contributed by atoms with Crippen molar-refractivity contribution in [3.8, 4) is 16.9 Å². The number of benzene rings is 3. The molecule has 3 aromatic carbocycles. The third-order valence-electron chi connectivity index (χ3n) is 5.31. The van der Waals surface area contributed by atoms with Gasteiger partial charge in [-0.25, -0.2) is 4.68 Å². The molecule has 1 aliphatic heterocycles. The van der Waals surface area contributed by atoms with E-state index in [9.17, 15) is 9.59 Å². The number of anilines is 1. The molecule has 4 aromatic rings. The fourth-order valence-electron chi connectivity index (χ4n) is 3.80. The van der Waals surface area contributed by atoms with Gasteiger partial charge in [0.05, 0.1) is 5.69 Å². The van der Waals surface area contributed by atoms with Crippen LogP contribution in [0.15, 0.2) is 91.0 Å². The molecule has 1 aliphatic rings. The summed E-state index contributed by atoms with van der Waals surface area (Å²) in [6, 6.07) is 27.9. The summed E-state index contributed by atoms with van der Waals surface area (Å²) in [4.78, 5) is 26.4. The van der Waals surface area contributed by atoms with Crippen molar-refractivity contribution in [1.29, 1.82) is 0 Å². The Hall–Kier alpha value is -4.19. The third-order valence-corrected chi connectivity index (χ3v) is 5.31. The van der Waals surface area contributed by atoms with Crippen LogP contribution < -0.4 is 10.6 Å². The van der Waals surface area contributed by atoms with Crippen LogP contribution in [0.25, 0.3) is 16.9 Å². The number of aromatic nitrogens is 2. The Morgan fingerprint density at radius 1 is 0.806 bits per heavy atom. The minimum Gasteiger partial charge on any atom is -0.340 e. The van der Waals surface area contributed by atoms with E-state index in [4.69, 9.17) is 5.10 Å². The van der Waals surface area contributed by atoms with Crippen LogP contribution in [0, 0.1) is 0 Å². The maximum absolute atomic E-state index is 13.3. The minimum atomic E-state index is -0.685. The highest BCUT2D eigenvalue weighted by Crippen LogP contribution is 2.32. The first-order valence-electron chi connectivity index (χ1n) is 10.1. The van der Waals surface area contributed by atoms with Crippen LogP contribution in [0.4, 0.5) is 5.82 Å². The number of hydrogen-bond acceptors (Lipinski definition) is 3. The molecule has 0 fully saturated rings. The van der Waals surface area contributed by atoms with Gasteiger partial charge in [0.15, 0.2) is 0 Å². The number of rotatable bonds is 4. The van der Waals surface area contributed by atoms with Crippen LogP contribution in [0.5, 0.6) is 0 Å². The first-order valence-corrected chi connectivity index (χ1v) is 10.1. The highest BCUT2D eigenvalue weighted by molar-refractivity contribution is 6.12. The second-order valence-electron chi connectivity index (χ2n) is 7.39. The van der Waals surface area contributed by atoms with Crippen LogP contribution in [-0.2, 0) is 11.2 Å². The van der Waals surface area contributed by atoms with Crippen molar-refractivity contribution in [2.45, 2.75) is 12.5 Å². The van der Waals surface area contributed by atoms with Crippen LogP contribution in [0.2, 0.25) is 0 Å². The molecule has 2 N–H and O–H groups in total. The molecule has 2 heterocycles. The van der Waals surface area contributed by atoms with E-state index in [-0.39, 0.29) is 11.8 Å². The molecule has 1 aromatic heterocycles. The summed E-state index contributed by atoms with van der Waals surface area (Å²) in [5, 5.41) is 10.6.